The smallest absolute Gasteiger partial charge is 0.309 e. The Balaban J connectivity index is 0.00000364. The molecule has 0 spiro atoms. The van der Waals surface area contributed by atoms with Gasteiger partial charge in [-0.3, -0.25) is 9.79 Å². The van der Waals surface area contributed by atoms with Crippen LogP contribution in [0.25, 0.3) is 0 Å². The molecule has 1 heterocycles. The number of carbonyl (C=O) groups is 1. The lowest BCUT2D eigenvalue weighted by Gasteiger charge is -2.33. The van der Waals surface area contributed by atoms with Gasteiger partial charge in [0.25, 0.3) is 0 Å². The highest BCUT2D eigenvalue weighted by atomic mass is 127. The number of hydrogen-bond acceptors (Lipinski definition) is 3. The SMILES string of the molecule is CCOC(=O)C1CCN(C(=NC)NCCCc2ccc(Cl)cc2Cl)CC1.I. The summed E-state index contributed by atoms with van der Waals surface area (Å²) in [4.78, 5) is 18.4. The highest BCUT2D eigenvalue weighted by Crippen LogP contribution is 2.22. The number of nitrogens with zero attached hydrogens (tertiary/aromatic N) is 2. The van der Waals surface area contributed by atoms with Crippen LogP contribution in [0.5, 0.6) is 0 Å². The number of piperidine rings is 1. The van der Waals surface area contributed by atoms with E-state index in [1.807, 2.05) is 19.1 Å². The second-order valence-electron chi connectivity index (χ2n) is 6.33. The van der Waals surface area contributed by atoms with Crippen LogP contribution in [0.3, 0.4) is 0 Å². The maximum atomic E-state index is 11.8. The van der Waals surface area contributed by atoms with E-state index in [1.165, 1.54) is 0 Å². The number of aryl methyl sites for hydroxylation is 1. The van der Waals surface area contributed by atoms with E-state index < -0.39 is 0 Å². The van der Waals surface area contributed by atoms with Crippen molar-refractivity contribution in [2.45, 2.75) is 32.6 Å². The molecule has 0 aliphatic carbocycles. The van der Waals surface area contributed by atoms with Crippen LogP contribution in [0.15, 0.2) is 23.2 Å². The van der Waals surface area contributed by atoms with Gasteiger partial charge in [0.1, 0.15) is 0 Å². The molecule has 2 rings (SSSR count). The first-order chi connectivity index (χ1) is 12.5. The number of carbonyl (C=O) groups excluding carboxylic acids is 1. The lowest BCUT2D eigenvalue weighted by molar-refractivity contribution is -0.149. The highest BCUT2D eigenvalue weighted by Gasteiger charge is 2.27. The minimum absolute atomic E-state index is 0. The monoisotopic (exact) mass is 527 g/mol. The maximum Gasteiger partial charge on any atom is 0.309 e. The second-order valence-corrected chi connectivity index (χ2v) is 7.17. The van der Waals surface area contributed by atoms with Crippen LogP contribution in [0.4, 0.5) is 0 Å². The van der Waals surface area contributed by atoms with Crippen molar-refractivity contribution in [3.8, 4) is 0 Å². The van der Waals surface area contributed by atoms with E-state index in [1.54, 1.807) is 13.1 Å². The number of hydrogen-bond donors (Lipinski definition) is 1. The van der Waals surface area contributed by atoms with Gasteiger partial charge in [0.05, 0.1) is 12.5 Å². The number of esters is 1. The van der Waals surface area contributed by atoms with Gasteiger partial charge in [0.15, 0.2) is 5.96 Å². The zero-order chi connectivity index (χ0) is 18.9. The van der Waals surface area contributed by atoms with Gasteiger partial charge in [0, 0.05) is 36.7 Å². The van der Waals surface area contributed by atoms with Crippen LogP contribution in [-0.2, 0) is 16.0 Å². The number of likely N-dealkylation sites (tertiary alicyclic amines) is 1. The van der Waals surface area contributed by atoms with E-state index >= 15 is 0 Å². The first-order valence-electron chi connectivity index (χ1n) is 9.11. The normalized spacial score (nSPS) is 15.3. The van der Waals surface area contributed by atoms with Crippen molar-refractivity contribution in [3.63, 3.8) is 0 Å². The van der Waals surface area contributed by atoms with Crippen molar-refractivity contribution in [1.29, 1.82) is 0 Å². The number of guanidine groups is 1. The summed E-state index contributed by atoms with van der Waals surface area (Å²) in [5.41, 5.74) is 1.10. The molecule has 27 heavy (non-hydrogen) atoms. The van der Waals surface area contributed by atoms with Gasteiger partial charge >= 0.3 is 5.97 Å². The first-order valence-corrected chi connectivity index (χ1v) is 9.87. The van der Waals surface area contributed by atoms with Gasteiger partial charge in [-0.05, 0) is 50.3 Å². The highest BCUT2D eigenvalue weighted by molar-refractivity contribution is 14.0. The predicted octanol–water partition coefficient (Wildman–Crippen LogP) is 4.39. The molecule has 0 aromatic heterocycles. The van der Waals surface area contributed by atoms with Gasteiger partial charge < -0.3 is 15.0 Å². The molecule has 1 aliphatic heterocycles. The Labute approximate surface area is 188 Å². The molecule has 1 aromatic rings. The Kier molecular flexibility index (Phi) is 11.4. The Bertz CT molecular complexity index is 635. The van der Waals surface area contributed by atoms with Crippen LogP contribution in [-0.4, -0.2) is 50.1 Å². The van der Waals surface area contributed by atoms with Crippen LogP contribution >= 0.6 is 47.2 Å². The number of aliphatic imine (C=N–C) groups is 1. The third-order valence-electron chi connectivity index (χ3n) is 4.55. The molecule has 1 fully saturated rings. The van der Waals surface area contributed by atoms with Gasteiger partial charge in [-0.1, -0.05) is 29.3 Å². The topological polar surface area (TPSA) is 53.9 Å². The number of halogens is 3. The summed E-state index contributed by atoms with van der Waals surface area (Å²) in [6.07, 6.45) is 3.43. The minimum Gasteiger partial charge on any atom is -0.466 e. The van der Waals surface area contributed by atoms with Crippen molar-refractivity contribution < 1.29 is 9.53 Å². The van der Waals surface area contributed by atoms with Crippen LogP contribution < -0.4 is 5.32 Å². The Morgan fingerprint density at radius 3 is 2.63 bits per heavy atom. The van der Waals surface area contributed by atoms with Crippen LogP contribution in [0, 0.1) is 5.92 Å². The summed E-state index contributed by atoms with van der Waals surface area (Å²) in [5.74, 6) is 0.820. The third-order valence-corrected chi connectivity index (χ3v) is 5.13. The molecule has 5 nitrogen and oxygen atoms in total. The number of benzene rings is 1. The Hall–Kier alpha value is -0.730. The van der Waals surface area contributed by atoms with Gasteiger partial charge in [-0.15, -0.1) is 24.0 Å². The lowest BCUT2D eigenvalue weighted by Crippen LogP contribution is -2.47. The molecule has 1 aromatic carbocycles. The summed E-state index contributed by atoms with van der Waals surface area (Å²) in [6.45, 7) is 4.72. The van der Waals surface area contributed by atoms with Crippen LogP contribution in [0.2, 0.25) is 10.0 Å². The molecule has 152 valence electrons. The van der Waals surface area contributed by atoms with E-state index in [0.717, 1.165) is 56.8 Å². The summed E-state index contributed by atoms with van der Waals surface area (Å²) >= 11 is 12.1. The second kappa shape index (κ2) is 12.7. The van der Waals surface area contributed by atoms with Gasteiger partial charge in [-0.25, -0.2) is 0 Å². The molecule has 0 radical (unpaired) electrons. The molecule has 0 unspecified atom stereocenters. The first kappa shape index (κ1) is 24.3. The predicted molar refractivity (Wildman–Crippen MR) is 122 cm³/mol. The molecular formula is C19H28Cl2IN3O2. The van der Waals surface area contributed by atoms with Crippen molar-refractivity contribution >= 4 is 59.1 Å². The largest absolute Gasteiger partial charge is 0.466 e. The fourth-order valence-corrected chi connectivity index (χ4v) is 3.63. The molecule has 1 aliphatic rings. The summed E-state index contributed by atoms with van der Waals surface area (Å²) in [7, 11) is 1.79. The fourth-order valence-electron chi connectivity index (χ4n) is 3.12. The zero-order valence-corrected chi connectivity index (χ0v) is 19.7. The van der Waals surface area contributed by atoms with E-state index in [4.69, 9.17) is 27.9 Å². The number of nitrogens with one attached hydrogen (secondary N) is 1. The summed E-state index contributed by atoms with van der Waals surface area (Å²) in [6, 6.07) is 5.61. The summed E-state index contributed by atoms with van der Waals surface area (Å²) in [5, 5.41) is 4.77. The van der Waals surface area contributed by atoms with Gasteiger partial charge in [0.2, 0.25) is 0 Å². The van der Waals surface area contributed by atoms with Crippen LogP contribution in [0.1, 0.15) is 31.7 Å². The van der Waals surface area contributed by atoms with Gasteiger partial charge in [-0.2, -0.15) is 0 Å². The molecule has 0 bridgehead atoms. The third kappa shape index (κ3) is 7.66. The molecule has 0 saturated carbocycles. The Morgan fingerprint density at radius 2 is 2.04 bits per heavy atom. The molecule has 1 saturated heterocycles. The van der Waals surface area contributed by atoms with Crippen molar-refractivity contribution in [2.75, 3.05) is 33.3 Å². The van der Waals surface area contributed by atoms with Crippen molar-refractivity contribution in [1.82, 2.24) is 10.2 Å². The standard InChI is InChI=1S/C19H27Cl2N3O2.HI/c1-3-26-18(25)15-8-11-24(12-9-15)19(22-2)23-10-4-5-14-6-7-16(20)13-17(14)21;/h6-7,13,15H,3-5,8-12H2,1-2H3,(H,22,23);1H. The quantitative estimate of drug-likeness (QED) is 0.196. The zero-order valence-electron chi connectivity index (χ0n) is 15.8. The minimum atomic E-state index is -0.0741. The number of rotatable bonds is 6. The van der Waals surface area contributed by atoms with E-state index in [0.29, 0.717) is 16.7 Å². The fraction of sp³-hybridized carbons (Fsp3) is 0.579. The van der Waals surface area contributed by atoms with Crippen molar-refractivity contribution in [2.24, 2.45) is 10.9 Å². The van der Waals surface area contributed by atoms with E-state index in [-0.39, 0.29) is 35.9 Å². The molecular weight excluding hydrogens is 500 g/mol. The molecule has 8 heteroatoms. The Morgan fingerprint density at radius 1 is 1.33 bits per heavy atom. The van der Waals surface area contributed by atoms with E-state index in [9.17, 15) is 4.79 Å². The van der Waals surface area contributed by atoms with E-state index in [2.05, 4.69) is 15.2 Å². The average molecular weight is 528 g/mol. The average Bonchev–Trinajstić information content (AvgIpc) is 2.64. The summed E-state index contributed by atoms with van der Waals surface area (Å²) < 4.78 is 5.12. The molecule has 0 atom stereocenters. The molecule has 1 N–H and O–H groups in total. The number of ether oxygens (including phenoxy) is 1. The maximum absolute atomic E-state index is 11.8. The van der Waals surface area contributed by atoms with Crippen molar-refractivity contribution in [3.05, 3.63) is 33.8 Å². The lowest BCUT2D eigenvalue weighted by atomic mass is 9.97. The molecule has 0 amide bonds.